The van der Waals surface area contributed by atoms with Gasteiger partial charge in [-0.05, 0) is 44.7 Å². The minimum absolute atomic E-state index is 0.0402. The number of pyridine rings is 1. The lowest BCUT2D eigenvalue weighted by atomic mass is 10.0. The average molecular weight is 420 g/mol. The van der Waals surface area contributed by atoms with Crippen molar-refractivity contribution >= 4 is 33.4 Å². The fourth-order valence-corrected chi connectivity index (χ4v) is 4.97. The molecule has 1 amide bonds. The van der Waals surface area contributed by atoms with Crippen molar-refractivity contribution in [3.8, 4) is 0 Å². The van der Waals surface area contributed by atoms with Crippen LogP contribution in [0.2, 0.25) is 0 Å². The van der Waals surface area contributed by atoms with Gasteiger partial charge in [-0.15, -0.1) is 0 Å². The lowest BCUT2D eigenvalue weighted by Crippen LogP contribution is -2.33. The molecule has 4 rings (SSSR count). The number of rotatable bonds is 5. The molecule has 156 valence electrons. The molecule has 4 N–H and O–H groups in total. The molecule has 0 saturated heterocycles. The number of aromatic nitrogens is 3. The Balaban J connectivity index is 1.39. The molecular weight excluding hydrogens is 396 g/mol. The predicted molar refractivity (Wildman–Crippen MR) is 107 cm³/mol. The average Bonchev–Trinajstić information content (AvgIpc) is 3.32. The highest BCUT2D eigenvalue weighted by atomic mass is 32.2. The number of anilines is 3. The highest BCUT2D eigenvalue weighted by Crippen LogP contribution is 2.37. The fourth-order valence-electron chi connectivity index (χ4n) is 3.71. The first-order chi connectivity index (χ1) is 13.8. The van der Waals surface area contributed by atoms with E-state index in [1.165, 1.54) is 0 Å². The minimum Gasteiger partial charge on any atom is -0.446 e. The molecule has 11 heteroatoms. The van der Waals surface area contributed by atoms with Crippen molar-refractivity contribution in [1.82, 2.24) is 20.5 Å². The van der Waals surface area contributed by atoms with Gasteiger partial charge in [0.1, 0.15) is 6.10 Å². The van der Waals surface area contributed by atoms with Crippen LogP contribution < -0.4 is 15.4 Å². The molecule has 2 aromatic heterocycles. The molecular formula is C18H24N6O4S. The first kappa shape index (κ1) is 19.5. The second-order valence-corrected chi connectivity index (χ2v) is 9.45. The summed E-state index contributed by atoms with van der Waals surface area (Å²) in [4.78, 5) is 16.0. The fraction of sp³-hybridized carbons (Fsp3) is 0.500. The molecule has 0 aromatic carbocycles. The van der Waals surface area contributed by atoms with Gasteiger partial charge in [0.2, 0.25) is 10.0 Å². The Bertz CT molecular complexity index is 1020. The molecule has 10 nitrogen and oxygen atoms in total. The summed E-state index contributed by atoms with van der Waals surface area (Å²) in [6, 6.07) is 3.60. The van der Waals surface area contributed by atoms with E-state index in [1.54, 1.807) is 12.3 Å². The third-order valence-electron chi connectivity index (χ3n) is 4.99. The number of carbonyl (C=O) groups is 1. The van der Waals surface area contributed by atoms with Gasteiger partial charge >= 0.3 is 6.09 Å². The van der Waals surface area contributed by atoms with Gasteiger partial charge in [-0.1, -0.05) is 0 Å². The van der Waals surface area contributed by atoms with Crippen molar-refractivity contribution in [2.45, 2.75) is 56.9 Å². The van der Waals surface area contributed by atoms with E-state index in [0.29, 0.717) is 22.9 Å². The van der Waals surface area contributed by atoms with Crippen LogP contribution in [0.15, 0.2) is 18.3 Å². The number of fused-ring (bicyclic) bond motifs is 1. The maximum Gasteiger partial charge on any atom is 0.407 e. The van der Waals surface area contributed by atoms with E-state index in [9.17, 15) is 13.2 Å². The number of hydrogen-bond donors (Lipinski definition) is 4. The van der Waals surface area contributed by atoms with Crippen LogP contribution in [0.1, 0.15) is 50.3 Å². The van der Waals surface area contributed by atoms with Crippen molar-refractivity contribution in [1.29, 1.82) is 0 Å². The molecule has 2 atom stereocenters. The Hall–Kier alpha value is -2.82. The molecule has 1 aliphatic heterocycles. The first-order valence-electron chi connectivity index (χ1n) is 9.57. The number of aromatic amines is 1. The Labute approximate surface area is 168 Å². The smallest absolute Gasteiger partial charge is 0.407 e. The summed E-state index contributed by atoms with van der Waals surface area (Å²) in [5.74, 6) is 1.12. The van der Waals surface area contributed by atoms with Gasteiger partial charge in [0.05, 0.1) is 11.4 Å². The van der Waals surface area contributed by atoms with E-state index < -0.39 is 10.0 Å². The number of amides is 1. The lowest BCUT2D eigenvalue weighted by molar-refractivity contribution is 0.0981. The zero-order valence-electron chi connectivity index (χ0n) is 16.2. The van der Waals surface area contributed by atoms with Gasteiger partial charge < -0.3 is 15.4 Å². The molecule has 0 spiro atoms. The summed E-state index contributed by atoms with van der Waals surface area (Å²) in [5.41, 5.74) is 2.08. The van der Waals surface area contributed by atoms with E-state index in [1.807, 2.05) is 19.9 Å². The third-order valence-corrected chi connectivity index (χ3v) is 6.20. The van der Waals surface area contributed by atoms with Gasteiger partial charge in [-0.3, -0.25) is 9.82 Å². The van der Waals surface area contributed by atoms with Crippen LogP contribution in [0.25, 0.3) is 0 Å². The van der Waals surface area contributed by atoms with Gasteiger partial charge in [0, 0.05) is 29.9 Å². The van der Waals surface area contributed by atoms with Crippen molar-refractivity contribution in [2.75, 3.05) is 10.0 Å². The van der Waals surface area contributed by atoms with Crippen LogP contribution in [-0.2, 0) is 20.5 Å². The molecule has 0 radical (unpaired) electrons. The highest BCUT2D eigenvalue weighted by Gasteiger charge is 2.30. The van der Waals surface area contributed by atoms with Crippen molar-refractivity contribution in [3.05, 3.63) is 29.6 Å². The van der Waals surface area contributed by atoms with Crippen LogP contribution >= 0.6 is 0 Å². The van der Waals surface area contributed by atoms with Crippen LogP contribution in [0.5, 0.6) is 0 Å². The molecule has 1 saturated carbocycles. The zero-order chi connectivity index (χ0) is 20.6. The quantitative estimate of drug-likeness (QED) is 0.583. The summed E-state index contributed by atoms with van der Waals surface area (Å²) in [5, 5.41) is 13.1. The number of alkyl carbamates (subject to hydrolysis) is 1. The summed E-state index contributed by atoms with van der Waals surface area (Å²) in [6.45, 7) is 3.78. The lowest BCUT2D eigenvalue weighted by Gasteiger charge is -2.14. The minimum atomic E-state index is -3.36. The van der Waals surface area contributed by atoms with Crippen molar-refractivity contribution in [3.63, 3.8) is 0 Å². The van der Waals surface area contributed by atoms with Gasteiger partial charge in [-0.25, -0.2) is 18.2 Å². The Morgan fingerprint density at radius 2 is 2.17 bits per heavy atom. The molecule has 29 heavy (non-hydrogen) atoms. The van der Waals surface area contributed by atoms with Crippen LogP contribution in [0.3, 0.4) is 0 Å². The molecule has 0 bridgehead atoms. The molecule has 1 aliphatic carbocycles. The summed E-state index contributed by atoms with van der Waals surface area (Å²) >= 11 is 0. The number of sulfonamides is 1. The van der Waals surface area contributed by atoms with E-state index in [2.05, 4.69) is 30.5 Å². The SMILES string of the molecule is CC(C)NC(=O)O[C@@H]1CC[C@H](c2cc(Nc3nccc4c3NS(=O)(=O)C4)n[nH]2)C1. The molecule has 2 aromatic rings. The maximum absolute atomic E-state index is 11.8. The Morgan fingerprint density at radius 3 is 2.97 bits per heavy atom. The Morgan fingerprint density at radius 1 is 1.34 bits per heavy atom. The zero-order valence-corrected chi connectivity index (χ0v) is 17.0. The number of hydrogen-bond acceptors (Lipinski definition) is 7. The van der Waals surface area contributed by atoms with Crippen LogP contribution in [-0.4, -0.2) is 41.8 Å². The molecule has 1 fully saturated rings. The molecule has 0 unspecified atom stereocenters. The van der Waals surface area contributed by atoms with E-state index >= 15 is 0 Å². The Kier molecular flexibility index (Phi) is 5.07. The van der Waals surface area contributed by atoms with Crippen molar-refractivity contribution in [2.24, 2.45) is 0 Å². The van der Waals surface area contributed by atoms with Gasteiger partial charge in [0.25, 0.3) is 0 Å². The number of nitrogens with zero attached hydrogens (tertiary/aromatic N) is 2. The second-order valence-electron chi connectivity index (χ2n) is 7.72. The standard InChI is InChI=1S/C18H24N6O4S/c1-10(2)20-18(25)28-13-4-3-11(7-13)14-8-15(23-22-14)21-17-16-12(5-6-19-17)9-29(26,27)24-16/h5-6,8,10-11,13,24H,3-4,7,9H2,1-2H3,(H,20,25)(H2,19,21,22,23)/t11-,13+/m0/s1. The van der Waals surface area contributed by atoms with Gasteiger partial charge in [0.15, 0.2) is 11.6 Å². The number of carbonyl (C=O) groups excluding carboxylic acids is 1. The number of nitrogens with one attached hydrogen (secondary N) is 4. The topological polar surface area (TPSA) is 138 Å². The largest absolute Gasteiger partial charge is 0.446 e. The highest BCUT2D eigenvalue weighted by molar-refractivity contribution is 7.92. The second kappa shape index (κ2) is 7.54. The normalized spacial score (nSPS) is 22.2. The van der Waals surface area contributed by atoms with Crippen LogP contribution in [0.4, 0.5) is 22.1 Å². The van der Waals surface area contributed by atoms with Crippen LogP contribution in [0, 0.1) is 0 Å². The first-order valence-corrected chi connectivity index (χ1v) is 11.2. The van der Waals surface area contributed by atoms with E-state index in [0.717, 1.165) is 25.0 Å². The van der Waals surface area contributed by atoms with E-state index in [4.69, 9.17) is 4.74 Å². The van der Waals surface area contributed by atoms with Gasteiger partial charge in [-0.2, -0.15) is 5.10 Å². The summed E-state index contributed by atoms with van der Waals surface area (Å²) in [7, 11) is -3.36. The monoisotopic (exact) mass is 420 g/mol. The number of H-pyrrole nitrogens is 1. The summed E-state index contributed by atoms with van der Waals surface area (Å²) < 4.78 is 31.6. The molecule has 3 heterocycles. The van der Waals surface area contributed by atoms with E-state index in [-0.39, 0.29) is 29.9 Å². The predicted octanol–water partition coefficient (Wildman–Crippen LogP) is 2.57. The maximum atomic E-state index is 11.8. The van der Waals surface area contributed by atoms with Crippen molar-refractivity contribution < 1.29 is 17.9 Å². The third kappa shape index (κ3) is 4.44. The summed E-state index contributed by atoms with van der Waals surface area (Å²) in [6.07, 6.45) is 3.48. The number of ether oxygens (including phenoxy) is 1. The molecule has 2 aliphatic rings.